The number of carbonyl (C=O) groups excluding carboxylic acids is 4. The van der Waals surface area contributed by atoms with Crippen LogP contribution < -0.4 is 15.4 Å². The molecular weight excluding hydrogens is 519 g/mol. The van der Waals surface area contributed by atoms with Crippen LogP contribution >= 0.6 is 46.4 Å². The number of nitrogens with zero attached hydrogens (tertiary/aromatic N) is 1. The summed E-state index contributed by atoms with van der Waals surface area (Å²) in [5.74, 6) is -5.05. The van der Waals surface area contributed by atoms with Crippen LogP contribution in [0, 0.1) is 11.2 Å². The number of ether oxygens (including phenoxy) is 3. The predicted molar refractivity (Wildman–Crippen MR) is 114 cm³/mol. The van der Waals surface area contributed by atoms with Gasteiger partial charge in [0.05, 0.1) is 19.1 Å². The van der Waals surface area contributed by atoms with Gasteiger partial charge in [-0.15, -0.1) is 0 Å². The first kappa shape index (κ1) is 28.0. The highest BCUT2D eigenvalue weighted by atomic mass is 35.6. The second-order valence-electron chi connectivity index (χ2n) is 6.56. The van der Waals surface area contributed by atoms with Crippen molar-refractivity contribution in [3.8, 4) is 5.88 Å². The van der Waals surface area contributed by atoms with E-state index in [9.17, 15) is 23.6 Å². The Morgan fingerprint density at radius 3 is 2.25 bits per heavy atom. The van der Waals surface area contributed by atoms with Crippen LogP contribution in [-0.4, -0.2) is 53.0 Å². The van der Waals surface area contributed by atoms with Crippen molar-refractivity contribution in [3.05, 3.63) is 16.5 Å². The van der Waals surface area contributed by atoms with Crippen LogP contribution in [0.4, 0.5) is 14.9 Å². The number of aromatic nitrogens is 1. The molecule has 0 spiro atoms. The molecular formula is C17H18Cl4FN3O7. The number of carbonyl (C=O) groups is 4. The molecule has 0 atom stereocenters. The zero-order valence-electron chi connectivity index (χ0n) is 17.1. The number of pyridine rings is 1. The van der Waals surface area contributed by atoms with E-state index in [1.807, 2.05) is 5.32 Å². The van der Waals surface area contributed by atoms with E-state index in [0.717, 1.165) is 0 Å². The lowest BCUT2D eigenvalue weighted by Gasteiger charge is -2.23. The predicted octanol–water partition coefficient (Wildman–Crippen LogP) is 3.65. The number of urea groups is 1. The van der Waals surface area contributed by atoms with Crippen LogP contribution in [0.25, 0.3) is 0 Å². The Morgan fingerprint density at radius 2 is 1.75 bits per heavy atom. The maximum Gasteiger partial charge on any atom is 0.345 e. The summed E-state index contributed by atoms with van der Waals surface area (Å²) >= 11 is 21.8. The fourth-order valence-corrected chi connectivity index (χ4v) is 2.34. The topological polar surface area (TPSA) is 133 Å². The summed E-state index contributed by atoms with van der Waals surface area (Å²) in [4.78, 5) is 51.8. The number of hydrogen-bond donors (Lipinski definition) is 2. The van der Waals surface area contributed by atoms with Gasteiger partial charge in [0.2, 0.25) is 5.88 Å². The fourth-order valence-electron chi connectivity index (χ4n) is 2.03. The van der Waals surface area contributed by atoms with Crippen LogP contribution in [0.5, 0.6) is 5.88 Å². The van der Waals surface area contributed by atoms with Crippen molar-refractivity contribution in [2.75, 3.05) is 25.6 Å². The Hall–Kier alpha value is -2.08. The van der Waals surface area contributed by atoms with Crippen molar-refractivity contribution in [2.24, 2.45) is 5.41 Å². The van der Waals surface area contributed by atoms with Crippen LogP contribution in [0.3, 0.4) is 0 Å². The number of anilines is 1. The quantitative estimate of drug-likeness (QED) is 0.306. The van der Waals surface area contributed by atoms with Gasteiger partial charge in [0.25, 0.3) is 9.70 Å². The first-order valence-electron chi connectivity index (χ1n) is 8.62. The Kier molecular flexibility index (Phi) is 9.76. The molecule has 2 N–H and O–H groups in total. The largest absolute Gasteiger partial charge is 0.476 e. The lowest BCUT2D eigenvalue weighted by molar-refractivity contribution is -0.152. The van der Waals surface area contributed by atoms with Crippen molar-refractivity contribution in [1.82, 2.24) is 10.3 Å². The molecule has 0 aromatic carbocycles. The molecule has 178 valence electrons. The first-order valence-corrected chi connectivity index (χ1v) is 10.1. The molecule has 0 fully saturated rings. The number of hydrogen-bond acceptors (Lipinski definition) is 8. The first-order chi connectivity index (χ1) is 14.7. The van der Waals surface area contributed by atoms with E-state index in [1.54, 1.807) is 5.32 Å². The molecule has 0 aliphatic heterocycles. The van der Waals surface area contributed by atoms with Gasteiger partial charge in [-0.3, -0.25) is 14.9 Å². The number of rotatable bonds is 7. The van der Waals surface area contributed by atoms with E-state index < -0.39 is 61.2 Å². The molecule has 0 aliphatic carbocycles. The highest BCUT2D eigenvalue weighted by Gasteiger charge is 2.35. The van der Waals surface area contributed by atoms with Crippen LogP contribution in [-0.2, 0) is 19.1 Å². The standard InChI is InChI=1S/C17H18Cl4FN3O7/c1-5-31-12(26)7-9(23-15(29)25-13(27)17(19,20)21)8(22)10(18)24-11(7)32-6-16(2,3)14(28)30-4/h5-6H2,1-4H3,(H2,23,24,25,27,29). The van der Waals surface area contributed by atoms with Gasteiger partial charge in [-0.2, -0.15) is 4.98 Å². The monoisotopic (exact) mass is 535 g/mol. The van der Waals surface area contributed by atoms with Crippen molar-refractivity contribution >= 4 is 76.0 Å². The van der Waals surface area contributed by atoms with Crippen LogP contribution in [0.15, 0.2) is 0 Å². The Balaban J connectivity index is 3.42. The molecule has 0 unspecified atom stereocenters. The highest BCUT2D eigenvalue weighted by molar-refractivity contribution is 6.76. The molecule has 1 rings (SSSR count). The van der Waals surface area contributed by atoms with Gasteiger partial charge >= 0.3 is 18.0 Å². The minimum absolute atomic E-state index is 0.131. The summed E-state index contributed by atoms with van der Waals surface area (Å²) in [5, 5.41) is 2.76. The molecule has 0 saturated heterocycles. The molecule has 3 amide bonds. The third-order valence-corrected chi connectivity index (χ3v) is 4.34. The second kappa shape index (κ2) is 11.2. The van der Waals surface area contributed by atoms with Gasteiger partial charge < -0.3 is 19.5 Å². The number of esters is 2. The molecule has 0 bridgehead atoms. The van der Waals surface area contributed by atoms with Crippen molar-refractivity contribution in [3.63, 3.8) is 0 Å². The third kappa shape index (κ3) is 7.22. The summed E-state index contributed by atoms with van der Waals surface area (Å²) < 4.78 is 27.1. The molecule has 1 heterocycles. The molecule has 32 heavy (non-hydrogen) atoms. The maximum atomic E-state index is 14.7. The van der Waals surface area contributed by atoms with Gasteiger partial charge in [0.15, 0.2) is 11.0 Å². The lowest BCUT2D eigenvalue weighted by atomic mass is 9.95. The molecule has 0 aliphatic rings. The van der Waals surface area contributed by atoms with E-state index >= 15 is 0 Å². The highest BCUT2D eigenvalue weighted by Crippen LogP contribution is 2.34. The SMILES string of the molecule is CCOC(=O)c1c(OCC(C)(C)C(=O)OC)nc(Cl)c(F)c1NC(=O)NC(=O)C(Cl)(Cl)Cl. The normalized spacial score (nSPS) is 11.4. The molecule has 1 aromatic rings. The average Bonchev–Trinajstić information content (AvgIpc) is 2.68. The number of nitrogens with one attached hydrogen (secondary N) is 2. The van der Waals surface area contributed by atoms with Crippen molar-refractivity contribution < 1.29 is 37.8 Å². The Bertz CT molecular complexity index is 922. The second-order valence-corrected chi connectivity index (χ2v) is 9.20. The molecule has 0 radical (unpaired) electrons. The van der Waals surface area contributed by atoms with Gasteiger partial charge in [-0.05, 0) is 20.8 Å². The minimum atomic E-state index is -2.50. The number of imide groups is 1. The molecule has 15 heteroatoms. The van der Waals surface area contributed by atoms with Gasteiger partial charge in [0.1, 0.15) is 17.9 Å². The van der Waals surface area contributed by atoms with E-state index in [4.69, 9.17) is 55.9 Å². The lowest BCUT2D eigenvalue weighted by Crippen LogP contribution is -2.41. The van der Waals surface area contributed by atoms with E-state index in [1.165, 1.54) is 27.9 Å². The number of amides is 3. The van der Waals surface area contributed by atoms with Gasteiger partial charge in [-0.25, -0.2) is 14.0 Å². The van der Waals surface area contributed by atoms with E-state index in [2.05, 4.69) is 9.72 Å². The Morgan fingerprint density at radius 1 is 1.16 bits per heavy atom. The maximum absolute atomic E-state index is 14.7. The zero-order chi connectivity index (χ0) is 24.9. The van der Waals surface area contributed by atoms with Crippen molar-refractivity contribution in [2.45, 2.75) is 24.6 Å². The van der Waals surface area contributed by atoms with Crippen LogP contribution in [0.2, 0.25) is 5.15 Å². The number of alkyl halides is 3. The average molecular weight is 537 g/mol. The number of methoxy groups -OCH3 is 1. The summed E-state index contributed by atoms with van der Waals surface area (Å²) in [5.41, 5.74) is -2.71. The van der Waals surface area contributed by atoms with E-state index in [-0.39, 0.29) is 13.2 Å². The van der Waals surface area contributed by atoms with Gasteiger partial charge in [-0.1, -0.05) is 46.4 Å². The zero-order valence-corrected chi connectivity index (χ0v) is 20.1. The molecule has 0 saturated carbocycles. The van der Waals surface area contributed by atoms with Crippen LogP contribution in [0.1, 0.15) is 31.1 Å². The summed E-state index contributed by atoms with van der Waals surface area (Å²) in [6.07, 6.45) is 0. The summed E-state index contributed by atoms with van der Waals surface area (Å²) in [6.45, 7) is 3.91. The fraction of sp³-hybridized carbons (Fsp3) is 0.471. The van der Waals surface area contributed by atoms with Crippen molar-refractivity contribution in [1.29, 1.82) is 0 Å². The molecule has 10 nitrogen and oxygen atoms in total. The smallest absolute Gasteiger partial charge is 0.345 e. The third-order valence-electron chi connectivity index (χ3n) is 3.57. The Labute approximate surface area is 201 Å². The molecule has 1 aromatic heterocycles. The van der Waals surface area contributed by atoms with E-state index in [0.29, 0.717) is 0 Å². The summed E-state index contributed by atoms with van der Waals surface area (Å²) in [6, 6.07) is -1.37. The van der Waals surface area contributed by atoms with Gasteiger partial charge in [0, 0.05) is 0 Å². The summed E-state index contributed by atoms with van der Waals surface area (Å²) in [7, 11) is 1.17. The number of halogens is 5. The minimum Gasteiger partial charge on any atom is -0.476 e.